The zero-order chi connectivity index (χ0) is 11.2. The summed E-state index contributed by atoms with van der Waals surface area (Å²) < 4.78 is 5.56. The lowest BCUT2D eigenvalue weighted by Crippen LogP contribution is -2.41. The third-order valence-electron chi connectivity index (χ3n) is 2.72. The molecule has 3 nitrogen and oxygen atoms in total. The van der Waals surface area contributed by atoms with Crippen LogP contribution in [0.15, 0.2) is 18.2 Å². The van der Waals surface area contributed by atoms with E-state index in [0.717, 1.165) is 11.1 Å². The molecule has 1 aliphatic heterocycles. The molecule has 0 spiro atoms. The highest BCUT2D eigenvalue weighted by molar-refractivity contribution is 5.42. The number of hydrogen-bond donors (Lipinski definition) is 2. The fourth-order valence-corrected chi connectivity index (χ4v) is 1.88. The molecule has 82 valence electrons. The largest absolute Gasteiger partial charge is 0.484 e. The summed E-state index contributed by atoms with van der Waals surface area (Å²) in [5, 5.41) is 19.8. The van der Waals surface area contributed by atoms with Crippen LogP contribution in [-0.2, 0) is 0 Å². The number of rotatable bonds is 1. The number of ether oxygens (including phenoxy) is 1. The second kappa shape index (κ2) is 3.22. The first-order valence-electron chi connectivity index (χ1n) is 5.07. The van der Waals surface area contributed by atoms with Crippen LogP contribution >= 0.6 is 0 Å². The first-order valence-corrected chi connectivity index (χ1v) is 5.07. The number of aliphatic hydroxyl groups is 2. The lowest BCUT2D eigenvalue weighted by atomic mass is 9.94. The summed E-state index contributed by atoms with van der Waals surface area (Å²) in [5.74, 6) is 0.676. The van der Waals surface area contributed by atoms with Crippen LogP contribution in [0.5, 0.6) is 5.75 Å². The van der Waals surface area contributed by atoms with Gasteiger partial charge in [0.05, 0.1) is 5.60 Å². The smallest absolute Gasteiger partial charge is 0.157 e. The molecule has 0 saturated carbocycles. The summed E-state index contributed by atoms with van der Waals surface area (Å²) in [6.07, 6.45) is -1.34. The van der Waals surface area contributed by atoms with E-state index in [1.807, 2.05) is 25.1 Å². The Kier molecular flexibility index (Phi) is 2.24. The summed E-state index contributed by atoms with van der Waals surface area (Å²) in [7, 11) is 0. The maximum Gasteiger partial charge on any atom is 0.157 e. The Balaban J connectivity index is 2.37. The predicted molar refractivity (Wildman–Crippen MR) is 56.9 cm³/mol. The quantitative estimate of drug-likeness (QED) is 0.736. The highest BCUT2D eigenvalue weighted by atomic mass is 16.5. The summed E-state index contributed by atoms with van der Waals surface area (Å²) >= 11 is 0. The van der Waals surface area contributed by atoms with Crippen molar-refractivity contribution in [2.45, 2.75) is 38.6 Å². The standard InChI is InChI=1S/C12H16O3/c1-7-4-5-8-9(6-7)15-11(10(8)13)12(2,3)14/h4-6,10-11,13-14H,1-3H3/t10-,11+/m0/s1. The first-order chi connectivity index (χ1) is 6.89. The molecule has 0 aliphatic carbocycles. The third-order valence-corrected chi connectivity index (χ3v) is 2.72. The fraction of sp³-hybridized carbons (Fsp3) is 0.500. The summed E-state index contributed by atoms with van der Waals surface area (Å²) in [5.41, 5.74) is 0.789. The van der Waals surface area contributed by atoms with Crippen molar-refractivity contribution in [1.82, 2.24) is 0 Å². The van der Waals surface area contributed by atoms with Crippen molar-refractivity contribution < 1.29 is 14.9 Å². The normalized spacial score (nSPS) is 24.9. The highest BCUT2D eigenvalue weighted by Gasteiger charge is 2.42. The SMILES string of the molecule is Cc1ccc2c(c1)O[C@@H](C(C)(C)O)[C@H]2O. The molecule has 0 saturated heterocycles. The lowest BCUT2D eigenvalue weighted by molar-refractivity contribution is -0.0762. The van der Waals surface area contributed by atoms with Crippen molar-refractivity contribution in [2.24, 2.45) is 0 Å². The summed E-state index contributed by atoms with van der Waals surface area (Å²) in [4.78, 5) is 0. The lowest BCUT2D eigenvalue weighted by Gasteiger charge is -2.27. The van der Waals surface area contributed by atoms with E-state index in [4.69, 9.17) is 4.74 Å². The van der Waals surface area contributed by atoms with Crippen molar-refractivity contribution in [3.63, 3.8) is 0 Å². The van der Waals surface area contributed by atoms with Gasteiger partial charge in [-0.2, -0.15) is 0 Å². The van der Waals surface area contributed by atoms with Gasteiger partial charge in [0.15, 0.2) is 6.10 Å². The minimum atomic E-state index is -1.05. The Morgan fingerprint density at radius 3 is 2.60 bits per heavy atom. The molecule has 0 amide bonds. The molecular weight excluding hydrogens is 192 g/mol. The predicted octanol–water partition coefficient (Wildman–Crippen LogP) is 1.56. The number of benzene rings is 1. The molecule has 0 unspecified atom stereocenters. The van der Waals surface area contributed by atoms with Crippen molar-refractivity contribution >= 4 is 0 Å². The molecule has 2 N–H and O–H groups in total. The van der Waals surface area contributed by atoms with Crippen LogP contribution in [0.1, 0.15) is 31.1 Å². The Labute approximate surface area is 89.3 Å². The maximum absolute atomic E-state index is 9.98. The first kappa shape index (κ1) is 10.5. The topological polar surface area (TPSA) is 49.7 Å². The van der Waals surface area contributed by atoms with Crippen LogP contribution in [0, 0.1) is 6.92 Å². The Hall–Kier alpha value is -1.06. The number of hydrogen-bond acceptors (Lipinski definition) is 3. The van der Waals surface area contributed by atoms with Crippen molar-refractivity contribution in [2.75, 3.05) is 0 Å². The molecule has 2 rings (SSSR count). The van der Waals surface area contributed by atoms with E-state index in [1.54, 1.807) is 13.8 Å². The second-order valence-electron chi connectivity index (χ2n) is 4.68. The van der Waals surface area contributed by atoms with Crippen LogP contribution in [-0.4, -0.2) is 21.9 Å². The molecule has 3 heteroatoms. The number of fused-ring (bicyclic) bond motifs is 1. The fourth-order valence-electron chi connectivity index (χ4n) is 1.88. The van der Waals surface area contributed by atoms with E-state index in [-0.39, 0.29) is 0 Å². The van der Waals surface area contributed by atoms with Gasteiger partial charge in [0, 0.05) is 5.56 Å². The van der Waals surface area contributed by atoms with Gasteiger partial charge in [-0.15, -0.1) is 0 Å². The van der Waals surface area contributed by atoms with Crippen LogP contribution in [0.3, 0.4) is 0 Å². The minimum absolute atomic E-state index is 0.589. The van der Waals surface area contributed by atoms with Crippen molar-refractivity contribution in [3.05, 3.63) is 29.3 Å². The minimum Gasteiger partial charge on any atom is -0.484 e. The van der Waals surface area contributed by atoms with E-state index in [2.05, 4.69) is 0 Å². The zero-order valence-corrected chi connectivity index (χ0v) is 9.19. The molecule has 1 aromatic carbocycles. The Morgan fingerprint density at radius 1 is 1.33 bits per heavy atom. The average Bonchev–Trinajstić information content (AvgIpc) is 2.42. The monoisotopic (exact) mass is 208 g/mol. The van der Waals surface area contributed by atoms with Crippen molar-refractivity contribution in [1.29, 1.82) is 0 Å². The number of aliphatic hydroxyl groups excluding tert-OH is 1. The molecular formula is C12H16O3. The second-order valence-corrected chi connectivity index (χ2v) is 4.68. The van der Waals surface area contributed by atoms with Gasteiger partial charge in [0.2, 0.25) is 0 Å². The van der Waals surface area contributed by atoms with Crippen molar-refractivity contribution in [3.8, 4) is 5.75 Å². The van der Waals surface area contributed by atoms with Crippen LogP contribution in [0.2, 0.25) is 0 Å². The van der Waals surface area contributed by atoms with E-state index in [0.29, 0.717) is 5.75 Å². The molecule has 1 aliphatic rings. The van der Waals surface area contributed by atoms with E-state index in [9.17, 15) is 10.2 Å². The zero-order valence-electron chi connectivity index (χ0n) is 9.19. The van der Waals surface area contributed by atoms with E-state index >= 15 is 0 Å². The highest BCUT2D eigenvalue weighted by Crippen LogP contribution is 2.40. The molecule has 1 aromatic rings. The molecule has 1 heterocycles. The van der Waals surface area contributed by atoms with Gasteiger partial charge < -0.3 is 14.9 Å². The van der Waals surface area contributed by atoms with Gasteiger partial charge >= 0.3 is 0 Å². The maximum atomic E-state index is 9.98. The van der Waals surface area contributed by atoms with E-state index in [1.165, 1.54) is 0 Å². The molecule has 15 heavy (non-hydrogen) atoms. The summed E-state index contributed by atoms with van der Waals surface area (Å²) in [6, 6.07) is 5.66. The van der Waals surface area contributed by atoms with Gasteiger partial charge in [-0.1, -0.05) is 12.1 Å². The van der Waals surface area contributed by atoms with E-state index < -0.39 is 17.8 Å². The van der Waals surface area contributed by atoms with Crippen LogP contribution in [0.4, 0.5) is 0 Å². The Morgan fingerprint density at radius 2 is 2.00 bits per heavy atom. The Bertz CT molecular complexity index is 379. The molecule has 0 bridgehead atoms. The van der Waals surface area contributed by atoms with Gasteiger partial charge in [0.1, 0.15) is 11.9 Å². The van der Waals surface area contributed by atoms with Gasteiger partial charge in [-0.3, -0.25) is 0 Å². The van der Waals surface area contributed by atoms with Gasteiger partial charge in [-0.05, 0) is 32.4 Å². The molecule has 2 atom stereocenters. The van der Waals surface area contributed by atoms with Crippen LogP contribution < -0.4 is 4.74 Å². The molecule has 0 aromatic heterocycles. The third kappa shape index (κ3) is 1.73. The number of aryl methyl sites for hydroxylation is 1. The van der Waals surface area contributed by atoms with Gasteiger partial charge in [0.25, 0.3) is 0 Å². The molecule has 0 radical (unpaired) electrons. The average molecular weight is 208 g/mol. The van der Waals surface area contributed by atoms with Crippen LogP contribution in [0.25, 0.3) is 0 Å². The summed E-state index contributed by atoms with van der Waals surface area (Å²) in [6.45, 7) is 5.24. The molecule has 0 fully saturated rings. The van der Waals surface area contributed by atoms with Gasteiger partial charge in [-0.25, -0.2) is 0 Å².